The molecule has 1 fully saturated rings. The molecule has 1 aliphatic rings. The zero-order chi connectivity index (χ0) is 14.8. The maximum atomic E-state index is 12.7. The molecule has 0 aliphatic heterocycles. The van der Waals surface area contributed by atoms with E-state index in [9.17, 15) is 14.5 Å². The van der Waals surface area contributed by atoms with Crippen LogP contribution in [0.15, 0.2) is 17.6 Å². The number of halogens is 1. The summed E-state index contributed by atoms with van der Waals surface area (Å²) in [5.74, 6) is 0.150. The average molecular weight is 309 g/mol. The second kappa shape index (κ2) is 5.93. The second-order valence-corrected chi connectivity index (χ2v) is 6.34. The highest BCUT2D eigenvalue weighted by Gasteiger charge is 2.25. The zero-order valence-corrected chi connectivity index (χ0v) is 12.2. The van der Waals surface area contributed by atoms with Crippen LogP contribution in [0.5, 0.6) is 0 Å². The van der Waals surface area contributed by atoms with Gasteiger partial charge in [-0.1, -0.05) is 0 Å². The Bertz CT molecular complexity index is 653. The van der Waals surface area contributed by atoms with E-state index >= 15 is 0 Å². The Morgan fingerprint density at radius 1 is 1.43 bits per heavy atom. The fraction of sp³-hybridized carbons (Fsp3) is 0.500. The summed E-state index contributed by atoms with van der Waals surface area (Å²) in [7, 11) is 0. The van der Waals surface area contributed by atoms with Crippen LogP contribution < -0.4 is 5.32 Å². The van der Waals surface area contributed by atoms with Gasteiger partial charge in [-0.15, -0.1) is 11.3 Å². The molecule has 21 heavy (non-hydrogen) atoms. The first-order chi connectivity index (χ1) is 10.2. The van der Waals surface area contributed by atoms with Crippen molar-refractivity contribution in [1.29, 1.82) is 0 Å². The molecule has 0 spiro atoms. The number of hydrogen-bond donors (Lipinski definition) is 1. The van der Waals surface area contributed by atoms with E-state index in [1.807, 2.05) is 11.4 Å². The fourth-order valence-electron chi connectivity index (χ4n) is 2.85. The molecule has 1 aliphatic carbocycles. The summed E-state index contributed by atoms with van der Waals surface area (Å²) >= 11 is 1.45. The Hall–Kier alpha value is -1.76. The van der Waals surface area contributed by atoms with E-state index in [1.165, 1.54) is 17.5 Å². The highest BCUT2D eigenvalue weighted by molar-refractivity contribution is 7.17. The molecule has 5 nitrogen and oxygen atoms in total. The minimum atomic E-state index is -0.401. The van der Waals surface area contributed by atoms with Crippen molar-refractivity contribution in [2.45, 2.75) is 31.7 Å². The number of alkyl halides is 1. The van der Waals surface area contributed by atoms with Crippen molar-refractivity contribution < 1.29 is 9.31 Å². The number of hydrogen-bond acceptors (Lipinski definition) is 5. The van der Waals surface area contributed by atoms with Crippen LogP contribution >= 0.6 is 11.3 Å². The number of rotatable bonds is 4. The van der Waals surface area contributed by atoms with Crippen molar-refractivity contribution in [2.75, 3.05) is 12.0 Å². The third kappa shape index (κ3) is 2.83. The summed E-state index contributed by atoms with van der Waals surface area (Å²) in [6.07, 6.45) is 4.67. The maximum Gasteiger partial charge on any atom is 0.311 e. The molecule has 0 aromatic carbocycles. The lowest BCUT2D eigenvalue weighted by atomic mass is 9.87. The van der Waals surface area contributed by atoms with Gasteiger partial charge in [-0.2, -0.15) is 0 Å². The second-order valence-electron chi connectivity index (χ2n) is 5.43. The first-order valence-electron chi connectivity index (χ1n) is 7.02. The quantitative estimate of drug-likeness (QED) is 0.680. The molecule has 0 saturated heterocycles. The monoisotopic (exact) mass is 309 g/mol. The van der Waals surface area contributed by atoms with Gasteiger partial charge in [0.15, 0.2) is 0 Å². The third-order valence-electron chi connectivity index (χ3n) is 4.06. The Morgan fingerprint density at radius 2 is 2.19 bits per heavy atom. The summed E-state index contributed by atoms with van der Waals surface area (Å²) in [5, 5.41) is 16.4. The molecule has 112 valence electrons. The molecule has 0 radical (unpaired) electrons. The number of anilines is 1. The number of aromatic nitrogens is 1. The van der Waals surface area contributed by atoms with Gasteiger partial charge in [-0.05, 0) is 43.0 Å². The smallest absolute Gasteiger partial charge is 0.311 e. The van der Waals surface area contributed by atoms with Crippen LogP contribution in [0.4, 0.5) is 15.8 Å². The molecule has 0 amide bonds. The SMILES string of the molecule is O=[N+]([O-])c1cnc2ccsc2c1NC1CCC(CF)CC1. The van der Waals surface area contributed by atoms with Gasteiger partial charge in [0, 0.05) is 6.04 Å². The van der Waals surface area contributed by atoms with Crippen LogP contribution in [0.25, 0.3) is 10.2 Å². The Labute approximate surface area is 125 Å². The van der Waals surface area contributed by atoms with Gasteiger partial charge < -0.3 is 5.32 Å². The van der Waals surface area contributed by atoms with E-state index in [4.69, 9.17) is 0 Å². The molecule has 0 atom stereocenters. The van der Waals surface area contributed by atoms with Crippen LogP contribution in [-0.4, -0.2) is 22.6 Å². The molecule has 1 saturated carbocycles. The largest absolute Gasteiger partial charge is 0.375 e. The van der Waals surface area contributed by atoms with Gasteiger partial charge in [0.05, 0.1) is 21.8 Å². The van der Waals surface area contributed by atoms with Crippen molar-refractivity contribution in [3.8, 4) is 0 Å². The predicted molar refractivity (Wildman–Crippen MR) is 81.6 cm³/mol. The minimum absolute atomic E-state index is 0.0116. The van der Waals surface area contributed by atoms with Gasteiger partial charge in [-0.3, -0.25) is 14.5 Å². The van der Waals surface area contributed by atoms with E-state index in [0.29, 0.717) is 5.69 Å². The number of pyridine rings is 1. The van der Waals surface area contributed by atoms with Gasteiger partial charge in [0.25, 0.3) is 0 Å². The lowest BCUT2D eigenvalue weighted by Crippen LogP contribution is -2.27. The fourth-order valence-corrected chi connectivity index (χ4v) is 3.70. The Kier molecular flexibility index (Phi) is 4.01. The molecule has 2 aromatic heterocycles. The van der Waals surface area contributed by atoms with Crippen LogP contribution in [0.3, 0.4) is 0 Å². The van der Waals surface area contributed by atoms with Crippen molar-refractivity contribution >= 4 is 32.9 Å². The van der Waals surface area contributed by atoms with Gasteiger partial charge in [0.1, 0.15) is 11.9 Å². The van der Waals surface area contributed by atoms with E-state index in [-0.39, 0.29) is 24.3 Å². The van der Waals surface area contributed by atoms with Gasteiger partial charge in [-0.25, -0.2) is 4.98 Å². The van der Waals surface area contributed by atoms with Crippen molar-refractivity contribution in [2.24, 2.45) is 5.92 Å². The molecule has 0 bridgehead atoms. The number of nitrogens with zero attached hydrogens (tertiary/aromatic N) is 2. The first kappa shape index (κ1) is 14.2. The normalized spacial score (nSPS) is 22.3. The summed E-state index contributed by atoms with van der Waals surface area (Å²) in [4.78, 5) is 14.9. The molecule has 2 heterocycles. The first-order valence-corrected chi connectivity index (χ1v) is 7.90. The minimum Gasteiger partial charge on any atom is -0.375 e. The number of nitrogens with one attached hydrogen (secondary N) is 1. The molecule has 3 rings (SSSR count). The van der Waals surface area contributed by atoms with Crippen LogP contribution in [0, 0.1) is 16.0 Å². The van der Waals surface area contributed by atoms with E-state index in [0.717, 1.165) is 35.9 Å². The maximum absolute atomic E-state index is 12.7. The molecular formula is C14H16FN3O2S. The van der Waals surface area contributed by atoms with Crippen LogP contribution in [-0.2, 0) is 0 Å². The summed E-state index contributed by atoms with van der Waals surface area (Å²) in [6.45, 7) is -0.267. The predicted octanol–water partition coefficient (Wildman–Crippen LogP) is 4.14. The van der Waals surface area contributed by atoms with E-state index in [1.54, 1.807) is 0 Å². The summed E-state index contributed by atoms with van der Waals surface area (Å²) in [6, 6.07) is 2.02. The van der Waals surface area contributed by atoms with Crippen molar-refractivity contribution in [1.82, 2.24) is 4.98 Å². The Balaban J connectivity index is 1.87. The van der Waals surface area contributed by atoms with E-state index < -0.39 is 4.92 Å². The lowest BCUT2D eigenvalue weighted by Gasteiger charge is -2.28. The average Bonchev–Trinajstić information content (AvgIpc) is 2.97. The topological polar surface area (TPSA) is 68.1 Å². The van der Waals surface area contributed by atoms with Crippen molar-refractivity contribution in [3.63, 3.8) is 0 Å². The van der Waals surface area contributed by atoms with Gasteiger partial charge >= 0.3 is 5.69 Å². The molecule has 0 unspecified atom stereocenters. The summed E-state index contributed by atoms with van der Waals surface area (Å²) < 4.78 is 13.5. The molecule has 2 aromatic rings. The standard InChI is InChI=1S/C14H16FN3O2S/c15-7-9-1-3-10(4-2-9)17-13-12(18(19)20)8-16-11-5-6-21-14(11)13/h5-6,8-10H,1-4,7H2,(H,16,17). The van der Waals surface area contributed by atoms with Crippen molar-refractivity contribution in [3.05, 3.63) is 27.8 Å². The zero-order valence-electron chi connectivity index (χ0n) is 11.4. The van der Waals surface area contributed by atoms with E-state index in [2.05, 4.69) is 10.3 Å². The lowest BCUT2D eigenvalue weighted by molar-refractivity contribution is -0.384. The highest BCUT2D eigenvalue weighted by Crippen LogP contribution is 2.37. The summed E-state index contributed by atoms with van der Waals surface area (Å²) in [5.41, 5.74) is 1.34. The van der Waals surface area contributed by atoms with Crippen LogP contribution in [0.2, 0.25) is 0 Å². The number of fused-ring (bicyclic) bond motifs is 1. The number of nitro groups is 1. The highest BCUT2D eigenvalue weighted by atomic mass is 32.1. The van der Waals surface area contributed by atoms with Gasteiger partial charge in [0.2, 0.25) is 0 Å². The molecule has 1 N–H and O–H groups in total. The third-order valence-corrected chi connectivity index (χ3v) is 4.98. The number of thiophene rings is 1. The molecule has 7 heteroatoms. The van der Waals surface area contributed by atoms with Crippen LogP contribution in [0.1, 0.15) is 25.7 Å². The molecular weight excluding hydrogens is 293 g/mol. The Morgan fingerprint density at radius 3 is 2.86 bits per heavy atom.